The number of amides is 1. The van der Waals surface area contributed by atoms with E-state index in [4.69, 9.17) is 4.74 Å². The molecular weight excluding hydrogens is 378 g/mol. The van der Waals surface area contributed by atoms with Gasteiger partial charge in [-0.05, 0) is 42.3 Å². The number of rotatable bonds is 7. The summed E-state index contributed by atoms with van der Waals surface area (Å²) in [7, 11) is -3.53. The van der Waals surface area contributed by atoms with Crippen molar-refractivity contribution in [3.63, 3.8) is 0 Å². The number of ether oxygens (including phenoxy) is 1. The molecule has 150 valence electrons. The Kier molecular flexibility index (Phi) is 6.66. The van der Waals surface area contributed by atoms with Gasteiger partial charge in [-0.25, -0.2) is 8.42 Å². The summed E-state index contributed by atoms with van der Waals surface area (Å²) in [6, 6.07) is 14.1. The van der Waals surface area contributed by atoms with Gasteiger partial charge in [0, 0.05) is 24.5 Å². The summed E-state index contributed by atoms with van der Waals surface area (Å²) in [4.78, 5) is 12.4. The molecule has 1 amide bonds. The Bertz CT molecular complexity index is 907. The number of anilines is 2. The van der Waals surface area contributed by atoms with Gasteiger partial charge in [-0.2, -0.15) is 4.31 Å². The van der Waals surface area contributed by atoms with Crippen molar-refractivity contribution in [3.05, 3.63) is 54.1 Å². The number of hydrogen-bond acceptors (Lipinski definition) is 5. The molecule has 7 nitrogen and oxygen atoms in total. The Morgan fingerprint density at radius 3 is 2.43 bits per heavy atom. The molecule has 3 rings (SSSR count). The van der Waals surface area contributed by atoms with Gasteiger partial charge in [-0.3, -0.25) is 4.79 Å². The fraction of sp³-hybridized carbons (Fsp3) is 0.350. The zero-order valence-electron chi connectivity index (χ0n) is 15.8. The van der Waals surface area contributed by atoms with Crippen LogP contribution in [-0.2, 0) is 26.0 Å². The summed E-state index contributed by atoms with van der Waals surface area (Å²) in [6.45, 7) is 3.71. The molecule has 0 unspecified atom stereocenters. The molecule has 0 spiro atoms. The van der Waals surface area contributed by atoms with Crippen LogP contribution in [0.3, 0.4) is 0 Å². The summed E-state index contributed by atoms with van der Waals surface area (Å²) in [5.74, 6) is -0.199. The molecule has 2 aromatic rings. The second kappa shape index (κ2) is 9.18. The molecule has 1 fully saturated rings. The van der Waals surface area contributed by atoms with Crippen LogP contribution in [0, 0.1) is 0 Å². The first-order chi connectivity index (χ1) is 13.5. The average molecular weight is 404 g/mol. The summed E-state index contributed by atoms with van der Waals surface area (Å²) >= 11 is 0. The highest BCUT2D eigenvalue weighted by molar-refractivity contribution is 7.89. The molecule has 1 aliphatic heterocycles. The lowest BCUT2D eigenvalue weighted by Crippen LogP contribution is -2.40. The van der Waals surface area contributed by atoms with Crippen LogP contribution in [-0.4, -0.2) is 51.5 Å². The van der Waals surface area contributed by atoms with Crippen LogP contribution in [0.1, 0.15) is 12.5 Å². The maximum absolute atomic E-state index is 12.6. The average Bonchev–Trinajstić information content (AvgIpc) is 2.73. The summed E-state index contributed by atoms with van der Waals surface area (Å²) in [6.07, 6.45) is 0.879. The lowest BCUT2D eigenvalue weighted by Gasteiger charge is -2.26. The monoisotopic (exact) mass is 403 g/mol. The topological polar surface area (TPSA) is 87.7 Å². The van der Waals surface area contributed by atoms with E-state index in [0.717, 1.165) is 17.7 Å². The van der Waals surface area contributed by atoms with Crippen LogP contribution in [0.5, 0.6) is 0 Å². The van der Waals surface area contributed by atoms with Gasteiger partial charge in [0.15, 0.2) is 0 Å². The Balaban J connectivity index is 1.58. The zero-order valence-corrected chi connectivity index (χ0v) is 16.7. The zero-order chi connectivity index (χ0) is 20.0. The van der Waals surface area contributed by atoms with Crippen molar-refractivity contribution in [2.45, 2.75) is 18.2 Å². The molecule has 0 aliphatic carbocycles. The molecule has 0 aromatic heterocycles. The Hall–Kier alpha value is -2.42. The minimum atomic E-state index is -3.53. The van der Waals surface area contributed by atoms with Gasteiger partial charge >= 0.3 is 0 Å². The summed E-state index contributed by atoms with van der Waals surface area (Å²) < 4.78 is 31.8. The number of hydrogen-bond donors (Lipinski definition) is 2. The van der Waals surface area contributed by atoms with Gasteiger partial charge in [0.2, 0.25) is 15.9 Å². The van der Waals surface area contributed by atoms with Crippen molar-refractivity contribution >= 4 is 27.3 Å². The van der Waals surface area contributed by atoms with E-state index >= 15 is 0 Å². The first-order valence-electron chi connectivity index (χ1n) is 9.30. The van der Waals surface area contributed by atoms with Gasteiger partial charge in [0.25, 0.3) is 0 Å². The highest BCUT2D eigenvalue weighted by Crippen LogP contribution is 2.20. The molecule has 0 atom stereocenters. The first-order valence-corrected chi connectivity index (χ1v) is 10.7. The highest BCUT2D eigenvalue weighted by Gasteiger charge is 2.26. The third kappa shape index (κ3) is 4.89. The standard InChI is InChI=1S/C20H25N3O4S/c1-2-16-5-3-4-6-19(16)21-15-20(24)22-17-7-9-18(10-8-17)28(25,26)23-11-13-27-14-12-23/h3-10,21H,2,11-15H2,1H3,(H,22,24). The number of sulfonamides is 1. The van der Waals surface area contributed by atoms with Crippen molar-refractivity contribution in [3.8, 4) is 0 Å². The largest absolute Gasteiger partial charge is 0.379 e. The fourth-order valence-corrected chi connectivity index (χ4v) is 4.44. The van der Waals surface area contributed by atoms with Gasteiger partial charge in [-0.15, -0.1) is 0 Å². The fourth-order valence-electron chi connectivity index (χ4n) is 3.03. The molecular formula is C20H25N3O4S. The highest BCUT2D eigenvalue weighted by atomic mass is 32.2. The van der Waals surface area contributed by atoms with E-state index in [0.29, 0.717) is 32.0 Å². The van der Waals surface area contributed by atoms with E-state index in [1.54, 1.807) is 12.1 Å². The van der Waals surface area contributed by atoms with Crippen LogP contribution in [0.2, 0.25) is 0 Å². The summed E-state index contributed by atoms with van der Waals surface area (Å²) in [5.41, 5.74) is 2.64. The number of nitrogens with one attached hydrogen (secondary N) is 2. The lowest BCUT2D eigenvalue weighted by molar-refractivity contribution is -0.114. The molecule has 8 heteroatoms. The van der Waals surface area contributed by atoms with E-state index in [9.17, 15) is 13.2 Å². The number of carbonyl (C=O) groups is 1. The molecule has 1 saturated heterocycles. The van der Waals surface area contributed by atoms with E-state index in [1.165, 1.54) is 16.4 Å². The maximum atomic E-state index is 12.6. The van der Waals surface area contributed by atoms with Crippen LogP contribution in [0.4, 0.5) is 11.4 Å². The van der Waals surface area contributed by atoms with Gasteiger partial charge < -0.3 is 15.4 Å². The Morgan fingerprint density at radius 1 is 1.07 bits per heavy atom. The number of nitrogens with zero attached hydrogens (tertiary/aromatic N) is 1. The number of morpholine rings is 1. The number of carbonyl (C=O) groups excluding carboxylic acids is 1. The summed E-state index contributed by atoms with van der Waals surface area (Å²) in [5, 5.41) is 5.91. The lowest BCUT2D eigenvalue weighted by atomic mass is 10.1. The second-order valence-electron chi connectivity index (χ2n) is 6.45. The molecule has 28 heavy (non-hydrogen) atoms. The first kappa shape index (κ1) is 20.3. The predicted octanol–water partition coefficient (Wildman–Crippen LogP) is 2.32. The van der Waals surface area contributed by atoms with Gasteiger partial charge in [0.1, 0.15) is 0 Å². The molecule has 2 N–H and O–H groups in total. The van der Waals surface area contributed by atoms with Crippen molar-refractivity contribution in [2.24, 2.45) is 0 Å². The van der Waals surface area contributed by atoms with Crippen LogP contribution >= 0.6 is 0 Å². The third-order valence-electron chi connectivity index (χ3n) is 4.58. The Labute approximate surface area is 165 Å². The van der Waals surface area contributed by atoms with E-state index in [1.807, 2.05) is 24.3 Å². The molecule has 1 heterocycles. The minimum absolute atomic E-state index is 0.130. The van der Waals surface area contributed by atoms with E-state index in [-0.39, 0.29) is 17.3 Å². The molecule has 0 bridgehead atoms. The third-order valence-corrected chi connectivity index (χ3v) is 6.50. The minimum Gasteiger partial charge on any atom is -0.379 e. The van der Waals surface area contributed by atoms with Crippen LogP contribution < -0.4 is 10.6 Å². The second-order valence-corrected chi connectivity index (χ2v) is 8.39. The van der Waals surface area contributed by atoms with Crippen molar-refractivity contribution in [2.75, 3.05) is 43.5 Å². The molecule has 0 radical (unpaired) electrons. The van der Waals surface area contributed by atoms with Crippen molar-refractivity contribution in [1.82, 2.24) is 4.31 Å². The molecule has 1 aliphatic rings. The molecule has 2 aromatic carbocycles. The van der Waals surface area contributed by atoms with Crippen molar-refractivity contribution in [1.29, 1.82) is 0 Å². The van der Waals surface area contributed by atoms with Crippen molar-refractivity contribution < 1.29 is 17.9 Å². The predicted molar refractivity (Wildman–Crippen MR) is 109 cm³/mol. The maximum Gasteiger partial charge on any atom is 0.243 e. The normalized spacial score (nSPS) is 15.2. The number of para-hydroxylation sites is 1. The quantitative estimate of drug-likeness (QED) is 0.741. The smallest absolute Gasteiger partial charge is 0.243 e. The molecule has 0 saturated carbocycles. The SMILES string of the molecule is CCc1ccccc1NCC(=O)Nc1ccc(S(=O)(=O)N2CCOCC2)cc1. The van der Waals surface area contributed by atoms with Gasteiger partial charge in [-0.1, -0.05) is 25.1 Å². The van der Waals surface area contributed by atoms with Crippen LogP contribution in [0.15, 0.2) is 53.4 Å². The number of aryl methyl sites for hydroxylation is 1. The van der Waals surface area contributed by atoms with E-state index < -0.39 is 10.0 Å². The Morgan fingerprint density at radius 2 is 1.75 bits per heavy atom. The van der Waals surface area contributed by atoms with E-state index in [2.05, 4.69) is 17.6 Å². The van der Waals surface area contributed by atoms with Gasteiger partial charge in [0.05, 0.1) is 24.7 Å². The van der Waals surface area contributed by atoms with Crippen LogP contribution in [0.25, 0.3) is 0 Å². The number of benzene rings is 2.